The van der Waals surface area contributed by atoms with Crippen LogP contribution < -0.4 is 9.62 Å². The van der Waals surface area contributed by atoms with Crippen LogP contribution >= 0.6 is 22.9 Å². The number of nitrogens with zero attached hydrogens (tertiary/aromatic N) is 2. The van der Waals surface area contributed by atoms with E-state index >= 15 is 0 Å². The van der Waals surface area contributed by atoms with E-state index in [9.17, 15) is 8.42 Å². The Morgan fingerprint density at radius 3 is 2.37 bits per heavy atom. The number of nitrogens with one attached hydrogen (secondary N) is 1. The van der Waals surface area contributed by atoms with E-state index in [1.165, 1.54) is 0 Å². The third kappa shape index (κ3) is 4.16. The molecule has 5 nitrogen and oxygen atoms in total. The summed E-state index contributed by atoms with van der Waals surface area (Å²) in [6, 6.07) is 14.2. The van der Waals surface area contributed by atoms with Crippen molar-refractivity contribution in [2.24, 2.45) is 0 Å². The third-order valence-electron chi connectivity index (χ3n) is 4.54. The predicted molar refractivity (Wildman–Crippen MR) is 110 cm³/mol. The van der Waals surface area contributed by atoms with Gasteiger partial charge < -0.3 is 4.90 Å². The average Bonchev–Trinajstić information content (AvgIpc) is 3.34. The molecule has 1 fully saturated rings. The van der Waals surface area contributed by atoms with E-state index in [1.54, 1.807) is 29.7 Å². The molecule has 0 saturated carbocycles. The zero-order chi connectivity index (χ0) is 18.9. The fraction of sp³-hybridized carbons (Fsp3) is 0.211. The smallest absolute Gasteiger partial charge is 0.240 e. The highest BCUT2D eigenvalue weighted by atomic mass is 35.5. The molecule has 1 aliphatic heterocycles. The zero-order valence-electron chi connectivity index (χ0n) is 14.4. The Morgan fingerprint density at radius 1 is 1.07 bits per heavy atom. The lowest BCUT2D eigenvalue weighted by Gasteiger charge is -2.16. The van der Waals surface area contributed by atoms with E-state index in [1.807, 2.05) is 41.8 Å². The fourth-order valence-corrected chi connectivity index (χ4v) is 5.23. The number of hydrogen-bond donors (Lipinski definition) is 1. The van der Waals surface area contributed by atoms with Crippen molar-refractivity contribution in [3.05, 3.63) is 65.1 Å². The van der Waals surface area contributed by atoms with E-state index in [2.05, 4.69) is 14.6 Å². The molecule has 3 aromatic rings. The molecule has 0 bridgehead atoms. The van der Waals surface area contributed by atoms with E-state index in [0.29, 0.717) is 11.6 Å². The Balaban J connectivity index is 1.45. The highest BCUT2D eigenvalue weighted by molar-refractivity contribution is 7.89. The Bertz CT molecular complexity index is 1000. The summed E-state index contributed by atoms with van der Waals surface area (Å²) >= 11 is 7.48. The molecule has 8 heteroatoms. The van der Waals surface area contributed by atoms with Crippen LogP contribution in [0.5, 0.6) is 0 Å². The van der Waals surface area contributed by atoms with Crippen molar-refractivity contribution in [3.63, 3.8) is 0 Å². The van der Waals surface area contributed by atoms with Crippen molar-refractivity contribution in [2.45, 2.75) is 17.4 Å². The van der Waals surface area contributed by atoms with Gasteiger partial charge in [0.2, 0.25) is 10.0 Å². The first kappa shape index (κ1) is 18.4. The summed E-state index contributed by atoms with van der Waals surface area (Å²) < 4.78 is 28.2. The Labute approximate surface area is 167 Å². The van der Waals surface area contributed by atoms with Crippen molar-refractivity contribution in [1.82, 2.24) is 9.71 Å². The van der Waals surface area contributed by atoms with Crippen LogP contribution in [0.4, 0.5) is 5.13 Å². The summed E-state index contributed by atoms with van der Waals surface area (Å²) in [7, 11) is -3.56. The van der Waals surface area contributed by atoms with E-state index in [0.717, 1.165) is 29.2 Å². The predicted octanol–water partition coefficient (Wildman–Crippen LogP) is 4.02. The largest absolute Gasteiger partial charge is 0.346 e. The van der Waals surface area contributed by atoms with Gasteiger partial charge in [-0.15, -0.1) is 11.3 Å². The highest BCUT2D eigenvalue weighted by Gasteiger charge is 2.28. The van der Waals surface area contributed by atoms with Crippen molar-refractivity contribution in [3.8, 4) is 11.1 Å². The molecule has 2 aromatic carbocycles. The monoisotopic (exact) mass is 419 g/mol. The molecule has 0 aliphatic carbocycles. The maximum atomic E-state index is 12.7. The first-order valence-corrected chi connectivity index (χ1v) is 11.3. The second-order valence-electron chi connectivity index (χ2n) is 6.40. The molecule has 1 aliphatic rings. The van der Waals surface area contributed by atoms with Gasteiger partial charge in [-0.2, -0.15) is 0 Å². The molecule has 4 rings (SSSR count). The number of rotatable bonds is 5. The van der Waals surface area contributed by atoms with Crippen LogP contribution in [0.2, 0.25) is 5.02 Å². The average molecular weight is 420 g/mol. The Hall–Kier alpha value is -1.93. The normalized spacial score (nSPS) is 17.4. The van der Waals surface area contributed by atoms with Crippen molar-refractivity contribution in [1.29, 1.82) is 0 Å². The van der Waals surface area contributed by atoms with Crippen LogP contribution in [0.25, 0.3) is 11.1 Å². The van der Waals surface area contributed by atoms with Gasteiger partial charge in [-0.1, -0.05) is 35.9 Å². The summed E-state index contributed by atoms with van der Waals surface area (Å²) in [6.07, 6.45) is 2.53. The highest BCUT2D eigenvalue weighted by Crippen LogP contribution is 2.25. The zero-order valence-corrected chi connectivity index (χ0v) is 16.8. The van der Waals surface area contributed by atoms with Gasteiger partial charge >= 0.3 is 0 Å². The summed E-state index contributed by atoms with van der Waals surface area (Å²) in [4.78, 5) is 6.67. The minimum atomic E-state index is -3.56. The molecule has 0 amide bonds. The first-order valence-electron chi connectivity index (χ1n) is 8.54. The van der Waals surface area contributed by atoms with Gasteiger partial charge in [0.15, 0.2) is 5.13 Å². The van der Waals surface area contributed by atoms with Crippen LogP contribution in [0.1, 0.15) is 6.42 Å². The minimum absolute atomic E-state index is 0.116. The lowest BCUT2D eigenvalue weighted by molar-refractivity contribution is 0.561. The lowest BCUT2D eigenvalue weighted by Crippen LogP contribution is -2.37. The van der Waals surface area contributed by atoms with Gasteiger partial charge in [-0.25, -0.2) is 18.1 Å². The van der Waals surface area contributed by atoms with Gasteiger partial charge in [0.25, 0.3) is 0 Å². The number of hydrogen-bond acceptors (Lipinski definition) is 5. The summed E-state index contributed by atoms with van der Waals surface area (Å²) in [5.74, 6) is 0. The van der Waals surface area contributed by atoms with Gasteiger partial charge in [-0.05, 0) is 41.8 Å². The molecule has 1 atom stereocenters. The molecule has 0 radical (unpaired) electrons. The number of benzene rings is 2. The maximum Gasteiger partial charge on any atom is 0.240 e. The number of halogens is 1. The minimum Gasteiger partial charge on any atom is -0.346 e. The van der Waals surface area contributed by atoms with Crippen LogP contribution in [0.15, 0.2) is 65.0 Å². The second kappa shape index (κ2) is 7.59. The van der Waals surface area contributed by atoms with E-state index in [-0.39, 0.29) is 10.9 Å². The topological polar surface area (TPSA) is 62.3 Å². The molecular formula is C19H18ClN3O2S2. The van der Waals surface area contributed by atoms with Gasteiger partial charge in [-0.3, -0.25) is 0 Å². The molecule has 1 unspecified atom stereocenters. The summed E-state index contributed by atoms with van der Waals surface area (Å²) in [5.41, 5.74) is 1.94. The lowest BCUT2D eigenvalue weighted by atomic mass is 10.1. The molecule has 1 aromatic heterocycles. The van der Waals surface area contributed by atoms with Crippen molar-refractivity contribution in [2.75, 3.05) is 18.0 Å². The Morgan fingerprint density at radius 2 is 1.74 bits per heavy atom. The molecular weight excluding hydrogens is 402 g/mol. The van der Waals surface area contributed by atoms with Crippen LogP contribution in [-0.4, -0.2) is 32.5 Å². The molecule has 140 valence electrons. The Kier molecular flexibility index (Phi) is 5.19. The van der Waals surface area contributed by atoms with Crippen molar-refractivity contribution >= 4 is 38.1 Å². The van der Waals surface area contributed by atoms with Crippen LogP contribution in [-0.2, 0) is 10.0 Å². The van der Waals surface area contributed by atoms with Crippen LogP contribution in [0.3, 0.4) is 0 Å². The standard InChI is InChI=1S/C19H18ClN3O2S2/c20-16-5-1-14(2-6-16)15-3-7-18(8-4-15)27(24,25)22-17-9-11-23(13-17)19-21-10-12-26-19/h1-8,10,12,17,22H,9,11,13H2. The van der Waals surface area contributed by atoms with Gasteiger partial charge in [0, 0.05) is 35.7 Å². The number of sulfonamides is 1. The molecule has 1 N–H and O–H groups in total. The molecule has 2 heterocycles. The SMILES string of the molecule is O=S(=O)(NC1CCN(c2nccs2)C1)c1ccc(-c2ccc(Cl)cc2)cc1. The fourth-order valence-electron chi connectivity index (χ4n) is 3.16. The number of thiazole rings is 1. The first-order chi connectivity index (χ1) is 13.0. The molecule has 1 saturated heterocycles. The summed E-state index contributed by atoms with van der Waals surface area (Å²) in [6.45, 7) is 1.44. The van der Waals surface area contributed by atoms with Crippen LogP contribution in [0, 0.1) is 0 Å². The van der Waals surface area contributed by atoms with Crippen molar-refractivity contribution < 1.29 is 8.42 Å². The molecule has 27 heavy (non-hydrogen) atoms. The van der Waals surface area contributed by atoms with Gasteiger partial charge in [0.1, 0.15) is 0 Å². The number of aromatic nitrogens is 1. The second-order valence-corrected chi connectivity index (χ2v) is 9.42. The van der Waals surface area contributed by atoms with E-state index < -0.39 is 10.0 Å². The maximum absolute atomic E-state index is 12.7. The van der Waals surface area contributed by atoms with E-state index in [4.69, 9.17) is 11.6 Å². The van der Waals surface area contributed by atoms with Gasteiger partial charge in [0.05, 0.1) is 4.90 Å². The third-order valence-corrected chi connectivity index (χ3v) is 7.16. The quantitative estimate of drug-likeness (QED) is 0.678. The number of anilines is 1. The molecule has 0 spiro atoms. The summed E-state index contributed by atoms with van der Waals surface area (Å²) in [5, 5.41) is 3.53.